The number of para-hydroxylation sites is 1. The van der Waals surface area contributed by atoms with Gasteiger partial charge in [-0.3, -0.25) is 0 Å². The number of hydrogen-bond donors (Lipinski definition) is 1. The van der Waals surface area contributed by atoms with E-state index in [2.05, 4.69) is 0 Å². The fourth-order valence-corrected chi connectivity index (χ4v) is 2.90. The van der Waals surface area contributed by atoms with E-state index in [9.17, 15) is 9.50 Å². The van der Waals surface area contributed by atoms with Crippen molar-refractivity contribution < 1.29 is 14.2 Å². The Kier molecular flexibility index (Phi) is 4.13. The summed E-state index contributed by atoms with van der Waals surface area (Å²) < 4.78 is 19.6. The van der Waals surface area contributed by atoms with Crippen LogP contribution < -0.4 is 4.74 Å². The first-order chi connectivity index (χ1) is 10.2. The van der Waals surface area contributed by atoms with Crippen LogP contribution in [0.25, 0.3) is 0 Å². The molecule has 0 spiro atoms. The van der Waals surface area contributed by atoms with E-state index >= 15 is 0 Å². The lowest BCUT2D eigenvalue weighted by Gasteiger charge is -2.23. The highest BCUT2D eigenvalue weighted by atomic mass is 35.5. The largest absolute Gasteiger partial charge is 0.493 e. The number of hydrogen-bond acceptors (Lipinski definition) is 2. The van der Waals surface area contributed by atoms with Crippen LogP contribution >= 0.6 is 11.6 Å². The SMILES string of the molecule is OC(Cc1cccc(Cl)c1F)c1cccc2c1OCCC2. The molecule has 3 rings (SSSR count). The molecule has 1 heterocycles. The molecule has 0 saturated heterocycles. The van der Waals surface area contributed by atoms with E-state index in [0.717, 1.165) is 24.2 Å². The van der Waals surface area contributed by atoms with E-state index in [0.29, 0.717) is 17.7 Å². The van der Waals surface area contributed by atoms with Gasteiger partial charge in [0.15, 0.2) is 0 Å². The minimum Gasteiger partial charge on any atom is -0.493 e. The smallest absolute Gasteiger partial charge is 0.145 e. The van der Waals surface area contributed by atoms with Crippen molar-refractivity contribution in [1.29, 1.82) is 0 Å². The van der Waals surface area contributed by atoms with Gasteiger partial charge in [-0.1, -0.05) is 41.9 Å². The highest BCUT2D eigenvalue weighted by Crippen LogP contribution is 2.34. The number of aliphatic hydroxyl groups excluding tert-OH is 1. The van der Waals surface area contributed by atoms with Gasteiger partial charge < -0.3 is 9.84 Å². The molecular weight excluding hydrogens is 291 g/mol. The van der Waals surface area contributed by atoms with Crippen molar-refractivity contribution in [2.24, 2.45) is 0 Å². The van der Waals surface area contributed by atoms with E-state index < -0.39 is 11.9 Å². The third-order valence-electron chi connectivity index (χ3n) is 3.77. The van der Waals surface area contributed by atoms with Crippen LogP contribution in [-0.2, 0) is 12.8 Å². The fraction of sp³-hybridized carbons (Fsp3) is 0.294. The van der Waals surface area contributed by atoms with Gasteiger partial charge in [0.2, 0.25) is 0 Å². The van der Waals surface area contributed by atoms with Crippen LogP contribution in [0.4, 0.5) is 4.39 Å². The van der Waals surface area contributed by atoms with Gasteiger partial charge in [0.25, 0.3) is 0 Å². The lowest BCUT2D eigenvalue weighted by atomic mass is 9.95. The number of aryl methyl sites for hydroxylation is 1. The zero-order valence-electron chi connectivity index (χ0n) is 11.5. The van der Waals surface area contributed by atoms with E-state index in [4.69, 9.17) is 16.3 Å². The molecule has 1 aliphatic heterocycles. The summed E-state index contributed by atoms with van der Waals surface area (Å²) in [7, 11) is 0. The molecule has 0 fully saturated rings. The van der Waals surface area contributed by atoms with Gasteiger partial charge in [-0.05, 0) is 30.0 Å². The molecule has 1 N–H and O–H groups in total. The first kappa shape index (κ1) is 14.4. The Morgan fingerprint density at radius 2 is 2.05 bits per heavy atom. The molecule has 2 aromatic carbocycles. The van der Waals surface area contributed by atoms with Crippen molar-refractivity contribution in [2.45, 2.75) is 25.4 Å². The molecule has 4 heteroatoms. The Morgan fingerprint density at radius 3 is 2.90 bits per heavy atom. The Labute approximate surface area is 128 Å². The summed E-state index contributed by atoms with van der Waals surface area (Å²) in [6, 6.07) is 10.6. The lowest BCUT2D eigenvalue weighted by molar-refractivity contribution is 0.168. The first-order valence-electron chi connectivity index (χ1n) is 7.02. The molecular formula is C17H16ClFO2. The number of benzene rings is 2. The van der Waals surface area contributed by atoms with Gasteiger partial charge in [-0.15, -0.1) is 0 Å². The number of halogens is 2. The summed E-state index contributed by atoms with van der Waals surface area (Å²) in [5.41, 5.74) is 2.22. The van der Waals surface area contributed by atoms with Gasteiger partial charge in [0, 0.05) is 12.0 Å². The molecule has 0 bridgehead atoms. The van der Waals surface area contributed by atoms with Gasteiger partial charge in [0.05, 0.1) is 17.7 Å². The highest BCUT2D eigenvalue weighted by Gasteiger charge is 2.21. The molecule has 1 atom stereocenters. The number of ether oxygens (including phenoxy) is 1. The molecule has 110 valence electrons. The normalized spacial score (nSPS) is 15.2. The lowest BCUT2D eigenvalue weighted by Crippen LogP contribution is -2.13. The molecule has 0 aliphatic carbocycles. The summed E-state index contributed by atoms with van der Waals surface area (Å²) in [6.07, 6.45) is 1.29. The van der Waals surface area contributed by atoms with E-state index in [-0.39, 0.29) is 11.4 Å². The van der Waals surface area contributed by atoms with Crippen LogP contribution in [0.1, 0.15) is 29.2 Å². The van der Waals surface area contributed by atoms with Gasteiger partial charge in [0.1, 0.15) is 11.6 Å². The Morgan fingerprint density at radius 1 is 1.24 bits per heavy atom. The second-order valence-corrected chi connectivity index (χ2v) is 5.63. The number of rotatable bonds is 3. The van der Waals surface area contributed by atoms with Gasteiger partial charge >= 0.3 is 0 Å². The minimum absolute atomic E-state index is 0.0750. The molecule has 1 unspecified atom stereocenters. The monoisotopic (exact) mass is 306 g/mol. The molecule has 0 radical (unpaired) electrons. The average molecular weight is 307 g/mol. The van der Waals surface area contributed by atoms with Crippen molar-refractivity contribution >= 4 is 11.6 Å². The van der Waals surface area contributed by atoms with E-state index in [1.165, 1.54) is 6.07 Å². The Balaban J connectivity index is 1.89. The van der Waals surface area contributed by atoms with Crippen LogP contribution in [0.15, 0.2) is 36.4 Å². The minimum atomic E-state index is -0.814. The Hall–Kier alpha value is -1.58. The van der Waals surface area contributed by atoms with E-state index in [1.54, 1.807) is 12.1 Å². The first-order valence-corrected chi connectivity index (χ1v) is 7.40. The second kappa shape index (κ2) is 6.04. The summed E-state index contributed by atoms with van der Waals surface area (Å²) in [5, 5.41) is 10.5. The zero-order valence-corrected chi connectivity index (χ0v) is 12.2. The average Bonchev–Trinajstić information content (AvgIpc) is 2.51. The summed E-state index contributed by atoms with van der Waals surface area (Å²) in [6.45, 7) is 0.655. The highest BCUT2D eigenvalue weighted by molar-refractivity contribution is 6.30. The van der Waals surface area contributed by atoms with E-state index in [1.807, 2.05) is 18.2 Å². The van der Waals surface area contributed by atoms with Gasteiger partial charge in [-0.2, -0.15) is 0 Å². The third-order valence-corrected chi connectivity index (χ3v) is 4.06. The third kappa shape index (κ3) is 2.89. The van der Waals surface area contributed by atoms with Crippen LogP contribution in [-0.4, -0.2) is 11.7 Å². The molecule has 2 nitrogen and oxygen atoms in total. The van der Waals surface area contributed by atoms with Crippen LogP contribution in [0.2, 0.25) is 5.02 Å². The zero-order chi connectivity index (χ0) is 14.8. The number of fused-ring (bicyclic) bond motifs is 1. The molecule has 2 aromatic rings. The molecule has 21 heavy (non-hydrogen) atoms. The van der Waals surface area contributed by atoms with Crippen molar-refractivity contribution in [2.75, 3.05) is 6.61 Å². The van der Waals surface area contributed by atoms with Crippen molar-refractivity contribution in [1.82, 2.24) is 0 Å². The molecule has 0 aromatic heterocycles. The molecule has 0 saturated carbocycles. The van der Waals surface area contributed by atoms with Crippen molar-refractivity contribution in [3.8, 4) is 5.75 Å². The van der Waals surface area contributed by atoms with Gasteiger partial charge in [-0.25, -0.2) is 4.39 Å². The predicted molar refractivity (Wildman–Crippen MR) is 80.3 cm³/mol. The fourth-order valence-electron chi connectivity index (χ4n) is 2.70. The molecule has 1 aliphatic rings. The summed E-state index contributed by atoms with van der Waals surface area (Å²) >= 11 is 5.78. The standard InChI is InChI=1S/C17H16ClFO2/c18-14-8-2-5-12(16(14)19)10-15(20)13-7-1-4-11-6-3-9-21-17(11)13/h1-2,4-5,7-8,15,20H,3,6,9-10H2. The summed E-state index contributed by atoms with van der Waals surface area (Å²) in [4.78, 5) is 0. The quantitative estimate of drug-likeness (QED) is 0.926. The predicted octanol–water partition coefficient (Wildman–Crippen LogP) is 4.08. The van der Waals surface area contributed by atoms with Crippen molar-refractivity contribution in [3.05, 3.63) is 63.9 Å². The second-order valence-electron chi connectivity index (χ2n) is 5.22. The number of aliphatic hydroxyl groups is 1. The maximum Gasteiger partial charge on any atom is 0.145 e. The van der Waals surface area contributed by atoms with Crippen molar-refractivity contribution in [3.63, 3.8) is 0 Å². The summed E-state index contributed by atoms with van der Waals surface area (Å²) in [5.74, 6) is 0.280. The maximum atomic E-state index is 13.9. The van der Waals surface area contributed by atoms with Crippen LogP contribution in [0, 0.1) is 5.82 Å². The Bertz CT molecular complexity index is 657. The maximum absolute atomic E-state index is 13.9. The molecule has 0 amide bonds. The van der Waals surface area contributed by atoms with Crippen LogP contribution in [0.3, 0.4) is 0 Å². The van der Waals surface area contributed by atoms with Crippen LogP contribution in [0.5, 0.6) is 5.75 Å². The topological polar surface area (TPSA) is 29.5 Å².